The van der Waals surface area contributed by atoms with Crippen LogP contribution in [-0.4, -0.2) is 54.2 Å². The molecule has 2 amide bonds. The quantitative estimate of drug-likeness (QED) is 0.397. The normalized spacial score (nSPS) is 26.9. The van der Waals surface area contributed by atoms with Crippen LogP contribution >= 0.6 is 0 Å². The first-order chi connectivity index (χ1) is 14.1. The zero-order valence-corrected chi connectivity index (χ0v) is 20.5. The SMILES string of the molecule is CCCC[C@@]1(N2C(=O)OC[C@@H]2c2ccccc2)C(=O)N(C[Si](C)(C)C)[C@@H]1CC(C)C. The van der Waals surface area contributed by atoms with E-state index in [1.54, 1.807) is 0 Å². The Morgan fingerprint density at radius 2 is 1.83 bits per heavy atom. The maximum Gasteiger partial charge on any atom is 0.411 e. The highest BCUT2D eigenvalue weighted by atomic mass is 28.3. The van der Waals surface area contributed by atoms with Gasteiger partial charge in [-0.15, -0.1) is 0 Å². The molecule has 0 N–H and O–H groups in total. The molecule has 2 fully saturated rings. The third kappa shape index (κ3) is 4.16. The largest absolute Gasteiger partial charge is 0.447 e. The summed E-state index contributed by atoms with van der Waals surface area (Å²) in [5.41, 5.74) is 0.257. The molecule has 166 valence electrons. The molecule has 6 heteroatoms. The number of likely N-dealkylation sites (tertiary alicyclic amines) is 1. The second-order valence-electron chi connectivity index (χ2n) is 10.5. The molecule has 0 aromatic heterocycles. The van der Waals surface area contributed by atoms with Crippen molar-refractivity contribution in [2.75, 3.05) is 12.8 Å². The minimum absolute atomic E-state index is 0.0557. The van der Waals surface area contributed by atoms with E-state index in [9.17, 15) is 9.59 Å². The van der Waals surface area contributed by atoms with Crippen molar-refractivity contribution in [2.24, 2.45) is 5.92 Å². The lowest BCUT2D eigenvalue weighted by Crippen LogP contribution is -2.81. The highest BCUT2D eigenvalue weighted by Crippen LogP contribution is 2.49. The molecule has 0 spiro atoms. The molecule has 1 aromatic carbocycles. The molecule has 0 bridgehead atoms. The monoisotopic (exact) mass is 430 g/mol. The Labute approximate surface area is 182 Å². The number of amides is 2. The molecule has 2 heterocycles. The Kier molecular flexibility index (Phi) is 6.65. The smallest absolute Gasteiger partial charge is 0.411 e. The fourth-order valence-corrected chi connectivity index (χ4v) is 6.46. The summed E-state index contributed by atoms with van der Waals surface area (Å²) in [6.45, 7) is 13.8. The minimum Gasteiger partial charge on any atom is -0.447 e. The van der Waals surface area contributed by atoms with Crippen LogP contribution in [0.5, 0.6) is 0 Å². The number of hydrogen-bond donors (Lipinski definition) is 0. The average molecular weight is 431 g/mol. The standard InChI is InChI=1S/C24H38N2O3Si/c1-7-8-14-24(21(15-18(2)3)25(22(24)27)17-30(4,5)6)26-20(16-29-23(26)28)19-12-10-9-11-13-19/h9-13,18,20-21H,7-8,14-17H2,1-6H3/t20-,21-,24+/m1/s1. The molecule has 2 aliphatic heterocycles. The molecule has 0 unspecified atom stereocenters. The number of benzene rings is 1. The van der Waals surface area contributed by atoms with Gasteiger partial charge in [0, 0.05) is 6.17 Å². The summed E-state index contributed by atoms with van der Waals surface area (Å²) >= 11 is 0. The Morgan fingerprint density at radius 3 is 2.40 bits per heavy atom. The van der Waals surface area contributed by atoms with E-state index in [1.165, 1.54) is 0 Å². The van der Waals surface area contributed by atoms with E-state index in [1.807, 2.05) is 35.2 Å². The first-order valence-corrected chi connectivity index (χ1v) is 15.1. The van der Waals surface area contributed by atoms with Crippen LogP contribution in [0.3, 0.4) is 0 Å². The Morgan fingerprint density at radius 1 is 1.17 bits per heavy atom. The van der Waals surface area contributed by atoms with Crippen molar-refractivity contribution in [2.45, 2.75) is 83.7 Å². The summed E-state index contributed by atoms with van der Waals surface area (Å²) in [4.78, 5) is 30.9. The van der Waals surface area contributed by atoms with Gasteiger partial charge in [0.1, 0.15) is 12.1 Å². The van der Waals surface area contributed by atoms with Crippen LogP contribution in [0.15, 0.2) is 30.3 Å². The van der Waals surface area contributed by atoms with E-state index in [0.29, 0.717) is 18.9 Å². The van der Waals surface area contributed by atoms with Crippen molar-refractivity contribution in [1.82, 2.24) is 9.80 Å². The van der Waals surface area contributed by atoms with E-state index in [-0.39, 0.29) is 24.1 Å². The summed E-state index contributed by atoms with van der Waals surface area (Å²) in [6, 6.07) is 9.87. The number of ether oxygens (including phenoxy) is 1. The molecule has 3 atom stereocenters. The van der Waals surface area contributed by atoms with E-state index in [0.717, 1.165) is 31.0 Å². The van der Waals surface area contributed by atoms with Crippen LogP contribution < -0.4 is 0 Å². The van der Waals surface area contributed by atoms with Gasteiger partial charge in [-0.3, -0.25) is 9.69 Å². The first-order valence-electron chi connectivity index (χ1n) is 11.4. The Bertz CT molecular complexity index is 761. The fourth-order valence-electron chi connectivity index (χ4n) is 5.07. The minimum atomic E-state index is -1.49. The second-order valence-corrected chi connectivity index (χ2v) is 16.0. The maximum absolute atomic E-state index is 13.9. The summed E-state index contributed by atoms with van der Waals surface area (Å²) in [6.07, 6.45) is 4.04. The number of rotatable bonds is 9. The lowest BCUT2D eigenvalue weighted by atomic mass is 9.70. The van der Waals surface area contributed by atoms with Gasteiger partial charge < -0.3 is 9.64 Å². The van der Waals surface area contributed by atoms with E-state index < -0.39 is 13.6 Å². The van der Waals surface area contributed by atoms with Gasteiger partial charge in [-0.1, -0.05) is 83.6 Å². The number of hydrogen-bond acceptors (Lipinski definition) is 3. The summed E-state index contributed by atoms with van der Waals surface area (Å²) in [7, 11) is -1.49. The average Bonchev–Trinajstić information content (AvgIpc) is 3.07. The van der Waals surface area contributed by atoms with Crippen LogP contribution in [0.4, 0.5) is 4.79 Å². The number of carbonyl (C=O) groups is 2. The van der Waals surface area contributed by atoms with Gasteiger partial charge in [0.05, 0.1) is 20.2 Å². The van der Waals surface area contributed by atoms with Crippen molar-refractivity contribution in [3.63, 3.8) is 0 Å². The number of cyclic esters (lactones) is 1. The summed E-state index contributed by atoms with van der Waals surface area (Å²) < 4.78 is 5.56. The van der Waals surface area contributed by atoms with Crippen LogP contribution in [0.2, 0.25) is 19.6 Å². The summed E-state index contributed by atoms with van der Waals surface area (Å²) in [5, 5.41) is 0. The molecule has 0 aliphatic carbocycles. The van der Waals surface area contributed by atoms with Gasteiger partial charge in [-0.2, -0.15) is 0 Å². The van der Waals surface area contributed by atoms with Gasteiger partial charge >= 0.3 is 6.09 Å². The first kappa shape index (κ1) is 22.9. The number of unbranched alkanes of at least 4 members (excludes halogenated alkanes) is 1. The van der Waals surface area contributed by atoms with Crippen LogP contribution in [0.1, 0.15) is 58.1 Å². The Hall–Kier alpha value is -1.82. The van der Waals surface area contributed by atoms with Gasteiger partial charge in [0.15, 0.2) is 0 Å². The number of nitrogens with zero attached hydrogens (tertiary/aromatic N) is 2. The van der Waals surface area contributed by atoms with Crippen molar-refractivity contribution < 1.29 is 14.3 Å². The molecule has 3 rings (SSSR count). The van der Waals surface area contributed by atoms with Gasteiger partial charge in [0.2, 0.25) is 0 Å². The highest BCUT2D eigenvalue weighted by Gasteiger charge is 2.67. The van der Waals surface area contributed by atoms with E-state index >= 15 is 0 Å². The van der Waals surface area contributed by atoms with Crippen molar-refractivity contribution >= 4 is 20.1 Å². The number of carbonyl (C=O) groups excluding carboxylic acids is 2. The molecule has 0 radical (unpaired) electrons. The van der Waals surface area contributed by atoms with Crippen molar-refractivity contribution in [3.05, 3.63) is 35.9 Å². The predicted molar refractivity (Wildman–Crippen MR) is 123 cm³/mol. The topological polar surface area (TPSA) is 49.9 Å². The highest BCUT2D eigenvalue weighted by molar-refractivity contribution is 6.76. The molecule has 2 saturated heterocycles. The molecule has 2 aliphatic rings. The Balaban J connectivity index is 2.05. The van der Waals surface area contributed by atoms with E-state index in [4.69, 9.17) is 4.74 Å². The molecule has 1 aromatic rings. The third-order valence-electron chi connectivity index (χ3n) is 6.30. The van der Waals surface area contributed by atoms with Crippen molar-refractivity contribution in [3.8, 4) is 0 Å². The maximum atomic E-state index is 13.9. The fraction of sp³-hybridized carbons (Fsp3) is 0.667. The molecular formula is C24H38N2O3Si. The second kappa shape index (κ2) is 8.73. The van der Waals surface area contributed by atoms with Gasteiger partial charge in [0.25, 0.3) is 5.91 Å². The lowest BCUT2D eigenvalue weighted by molar-refractivity contribution is -0.176. The zero-order chi connectivity index (χ0) is 22.1. The number of β-lactam (4-membered cyclic amide) rings is 1. The predicted octanol–water partition coefficient (Wildman–Crippen LogP) is 5.24. The molecule has 0 saturated carbocycles. The van der Waals surface area contributed by atoms with E-state index in [2.05, 4.69) is 45.3 Å². The third-order valence-corrected chi connectivity index (χ3v) is 7.59. The van der Waals surface area contributed by atoms with Crippen LogP contribution in [0.25, 0.3) is 0 Å². The zero-order valence-electron chi connectivity index (χ0n) is 19.5. The lowest BCUT2D eigenvalue weighted by Gasteiger charge is -2.61. The van der Waals surface area contributed by atoms with Gasteiger partial charge in [-0.25, -0.2) is 4.79 Å². The molecule has 30 heavy (non-hydrogen) atoms. The molecule has 5 nitrogen and oxygen atoms in total. The van der Waals surface area contributed by atoms with Crippen LogP contribution in [-0.2, 0) is 9.53 Å². The molecular weight excluding hydrogens is 392 g/mol. The van der Waals surface area contributed by atoms with Gasteiger partial charge in [-0.05, 0) is 24.3 Å². The summed E-state index contributed by atoms with van der Waals surface area (Å²) in [5.74, 6) is 0.575. The van der Waals surface area contributed by atoms with Crippen LogP contribution in [0, 0.1) is 5.92 Å². The van der Waals surface area contributed by atoms with Crippen molar-refractivity contribution in [1.29, 1.82) is 0 Å².